The van der Waals surface area contributed by atoms with E-state index in [0.717, 1.165) is 47.9 Å². The summed E-state index contributed by atoms with van der Waals surface area (Å²) < 4.78 is 17.4. The van der Waals surface area contributed by atoms with Gasteiger partial charge in [-0.15, -0.1) is 0 Å². The average Bonchev–Trinajstić information content (AvgIpc) is 3.37. The lowest BCUT2D eigenvalue weighted by molar-refractivity contribution is -0.137. The minimum atomic E-state index is -0.824. The maximum atomic E-state index is 13.1. The predicted octanol–water partition coefficient (Wildman–Crippen LogP) is 4.31. The highest BCUT2D eigenvalue weighted by Crippen LogP contribution is 2.42. The number of aliphatic carboxylic acids is 1. The molecule has 1 aliphatic carbocycles. The molecule has 31 heavy (non-hydrogen) atoms. The van der Waals surface area contributed by atoms with E-state index < -0.39 is 5.97 Å². The van der Waals surface area contributed by atoms with Gasteiger partial charge in [0.15, 0.2) is 5.78 Å². The first-order valence-electron chi connectivity index (χ1n) is 11.0. The summed E-state index contributed by atoms with van der Waals surface area (Å²) >= 11 is 0. The molecule has 1 unspecified atom stereocenters. The van der Waals surface area contributed by atoms with Crippen molar-refractivity contribution in [1.82, 2.24) is 0 Å². The third-order valence-corrected chi connectivity index (χ3v) is 6.64. The highest BCUT2D eigenvalue weighted by atomic mass is 16.5. The Labute approximate surface area is 181 Å². The van der Waals surface area contributed by atoms with Crippen LogP contribution in [0.4, 0.5) is 0 Å². The molecule has 0 radical (unpaired) electrons. The predicted molar refractivity (Wildman–Crippen MR) is 113 cm³/mol. The minimum absolute atomic E-state index is 0.0489. The van der Waals surface area contributed by atoms with E-state index in [1.807, 2.05) is 30.3 Å². The fourth-order valence-electron chi connectivity index (χ4n) is 5.02. The highest BCUT2D eigenvalue weighted by molar-refractivity contribution is 5.99. The fourth-order valence-corrected chi connectivity index (χ4v) is 5.02. The van der Waals surface area contributed by atoms with Gasteiger partial charge >= 0.3 is 5.97 Å². The third kappa shape index (κ3) is 3.92. The molecule has 5 rings (SSSR count). The molecule has 0 saturated carbocycles. The van der Waals surface area contributed by atoms with E-state index in [-0.39, 0.29) is 30.1 Å². The lowest BCUT2D eigenvalue weighted by Crippen LogP contribution is -2.24. The maximum Gasteiger partial charge on any atom is 0.304 e. The van der Waals surface area contributed by atoms with Gasteiger partial charge in [0.25, 0.3) is 0 Å². The molecule has 2 atom stereocenters. The Bertz CT molecular complexity index is 1010. The van der Waals surface area contributed by atoms with E-state index in [2.05, 4.69) is 6.07 Å². The Hall–Kier alpha value is -2.86. The number of Topliss-reactive ketones (excluding diaryl/α,β-unsaturated/α-hetero) is 1. The van der Waals surface area contributed by atoms with Gasteiger partial charge < -0.3 is 19.3 Å². The summed E-state index contributed by atoms with van der Waals surface area (Å²) in [6.07, 6.45) is 3.19. The highest BCUT2D eigenvalue weighted by Gasteiger charge is 2.32. The second kappa shape index (κ2) is 8.35. The summed E-state index contributed by atoms with van der Waals surface area (Å²) in [5.74, 6) is 0.742. The number of ether oxygens (including phenoxy) is 3. The number of hydrogen-bond acceptors (Lipinski definition) is 5. The quantitative estimate of drug-likeness (QED) is 0.699. The molecule has 2 aliphatic heterocycles. The molecule has 2 aromatic rings. The molecule has 1 saturated heterocycles. The Morgan fingerprint density at radius 2 is 1.90 bits per heavy atom. The topological polar surface area (TPSA) is 82.1 Å². The fraction of sp³-hybridized carbons (Fsp3) is 0.440. The molecule has 6 nitrogen and oxygen atoms in total. The molecule has 1 N–H and O–H groups in total. The van der Waals surface area contributed by atoms with Crippen LogP contribution in [-0.2, 0) is 16.0 Å². The molecule has 2 aromatic carbocycles. The first-order valence-corrected chi connectivity index (χ1v) is 11.0. The average molecular weight is 422 g/mol. The van der Waals surface area contributed by atoms with Crippen molar-refractivity contribution >= 4 is 11.8 Å². The van der Waals surface area contributed by atoms with Crippen LogP contribution in [0.3, 0.4) is 0 Å². The van der Waals surface area contributed by atoms with E-state index in [1.165, 1.54) is 0 Å². The van der Waals surface area contributed by atoms with Crippen molar-refractivity contribution in [1.29, 1.82) is 0 Å². The lowest BCUT2D eigenvalue weighted by Gasteiger charge is -2.22. The SMILES string of the molecule is O=C(O)CC1COc2cc(O[C@@H]3CCc4c(C(=O)C5CCOCC5)cccc43)ccc21. The largest absolute Gasteiger partial charge is 0.492 e. The van der Waals surface area contributed by atoms with Crippen LogP contribution >= 0.6 is 0 Å². The van der Waals surface area contributed by atoms with Gasteiger partial charge in [-0.2, -0.15) is 0 Å². The van der Waals surface area contributed by atoms with Crippen LogP contribution in [-0.4, -0.2) is 36.7 Å². The van der Waals surface area contributed by atoms with Crippen LogP contribution in [0.5, 0.6) is 11.5 Å². The molecule has 2 heterocycles. The number of carboxylic acid groups (broad SMARTS) is 1. The standard InChI is InChI=1S/C25H26O6/c26-24(27)12-16-14-30-23-13-17(4-5-18(16)23)31-22-7-6-19-20(22)2-1-3-21(19)25(28)15-8-10-29-11-9-15/h1-5,13,15-16,22H,6-12,14H2,(H,26,27)/t16?,22-/m1/s1. The Morgan fingerprint density at radius 1 is 1.06 bits per heavy atom. The number of ketones is 1. The van der Waals surface area contributed by atoms with Crippen molar-refractivity contribution in [3.8, 4) is 11.5 Å². The van der Waals surface area contributed by atoms with E-state index in [0.29, 0.717) is 31.3 Å². The van der Waals surface area contributed by atoms with Crippen molar-refractivity contribution < 1.29 is 28.9 Å². The molecule has 0 aromatic heterocycles. The zero-order valence-corrected chi connectivity index (χ0v) is 17.3. The summed E-state index contributed by atoms with van der Waals surface area (Å²) in [7, 11) is 0. The summed E-state index contributed by atoms with van der Waals surface area (Å²) in [4.78, 5) is 24.1. The Kier molecular flexibility index (Phi) is 5.40. The van der Waals surface area contributed by atoms with Crippen molar-refractivity contribution in [2.45, 2.75) is 44.1 Å². The van der Waals surface area contributed by atoms with Gasteiger partial charge in [0.2, 0.25) is 0 Å². The van der Waals surface area contributed by atoms with Gasteiger partial charge in [-0.3, -0.25) is 9.59 Å². The van der Waals surface area contributed by atoms with Gasteiger partial charge in [-0.05, 0) is 42.9 Å². The Balaban J connectivity index is 1.33. The molecular formula is C25H26O6. The van der Waals surface area contributed by atoms with Crippen LogP contribution in [0.2, 0.25) is 0 Å². The third-order valence-electron chi connectivity index (χ3n) is 6.64. The molecule has 3 aliphatic rings. The number of benzene rings is 2. The van der Waals surface area contributed by atoms with Crippen LogP contribution in [0.25, 0.3) is 0 Å². The number of carbonyl (C=O) groups is 2. The minimum Gasteiger partial charge on any atom is -0.492 e. The maximum absolute atomic E-state index is 13.1. The van der Waals surface area contributed by atoms with Crippen LogP contribution in [0, 0.1) is 5.92 Å². The van der Waals surface area contributed by atoms with Crippen molar-refractivity contribution in [2.75, 3.05) is 19.8 Å². The van der Waals surface area contributed by atoms with Crippen molar-refractivity contribution in [3.63, 3.8) is 0 Å². The van der Waals surface area contributed by atoms with E-state index in [9.17, 15) is 9.59 Å². The van der Waals surface area contributed by atoms with Crippen molar-refractivity contribution in [2.24, 2.45) is 5.92 Å². The molecule has 6 heteroatoms. The van der Waals surface area contributed by atoms with E-state index >= 15 is 0 Å². The van der Waals surface area contributed by atoms with Gasteiger partial charge in [-0.1, -0.05) is 24.3 Å². The van der Waals surface area contributed by atoms with Crippen LogP contribution in [0.15, 0.2) is 36.4 Å². The second-order valence-corrected chi connectivity index (χ2v) is 8.57. The van der Waals surface area contributed by atoms with Crippen molar-refractivity contribution in [3.05, 3.63) is 58.7 Å². The van der Waals surface area contributed by atoms with Gasteiger partial charge in [-0.25, -0.2) is 0 Å². The summed E-state index contributed by atoms with van der Waals surface area (Å²) in [6.45, 7) is 1.70. The van der Waals surface area contributed by atoms with E-state index in [4.69, 9.17) is 19.3 Å². The van der Waals surface area contributed by atoms with Crippen LogP contribution < -0.4 is 9.47 Å². The number of rotatable bonds is 6. The summed E-state index contributed by atoms with van der Waals surface area (Å²) in [5, 5.41) is 9.07. The number of hydrogen-bond donors (Lipinski definition) is 1. The van der Waals surface area contributed by atoms with Gasteiger partial charge in [0, 0.05) is 42.2 Å². The number of fused-ring (bicyclic) bond motifs is 2. The molecule has 0 amide bonds. The molecule has 1 fully saturated rings. The Morgan fingerprint density at radius 3 is 2.71 bits per heavy atom. The first kappa shape index (κ1) is 20.1. The monoisotopic (exact) mass is 422 g/mol. The molecular weight excluding hydrogens is 396 g/mol. The zero-order chi connectivity index (χ0) is 21.4. The summed E-state index contributed by atoms with van der Waals surface area (Å²) in [6, 6.07) is 11.6. The number of carbonyl (C=O) groups excluding carboxylic acids is 1. The first-order chi connectivity index (χ1) is 15.1. The second-order valence-electron chi connectivity index (χ2n) is 8.57. The molecule has 0 spiro atoms. The lowest BCUT2D eigenvalue weighted by atomic mass is 9.88. The number of carboxylic acids is 1. The van der Waals surface area contributed by atoms with Gasteiger partial charge in [0.1, 0.15) is 17.6 Å². The van der Waals surface area contributed by atoms with Gasteiger partial charge in [0.05, 0.1) is 13.0 Å². The van der Waals surface area contributed by atoms with E-state index in [1.54, 1.807) is 0 Å². The molecule has 162 valence electrons. The normalized spacial score (nSPS) is 22.5. The zero-order valence-electron chi connectivity index (χ0n) is 17.3. The smallest absolute Gasteiger partial charge is 0.304 e. The summed E-state index contributed by atoms with van der Waals surface area (Å²) in [5.41, 5.74) is 3.96. The molecule has 0 bridgehead atoms. The van der Waals surface area contributed by atoms with Crippen LogP contribution in [0.1, 0.15) is 64.8 Å².